The molecule has 3 rings (SSSR count). The molecule has 1 heterocycles. The van der Waals surface area contributed by atoms with Gasteiger partial charge in [-0.3, -0.25) is 9.59 Å². The lowest BCUT2D eigenvalue weighted by molar-refractivity contribution is -0.113. The van der Waals surface area contributed by atoms with E-state index < -0.39 is 0 Å². The van der Waals surface area contributed by atoms with E-state index in [0.29, 0.717) is 43.8 Å². The summed E-state index contributed by atoms with van der Waals surface area (Å²) < 4.78 is 1.78. The van der Waals surface area contributed by atoms with Crippen LogP contribution in [0, 0.1) is 6.92 Å². The molecule has 0 fully saturated rings. The fourth-order valence-corrected chi connectivity index (χ4v) is 4.01. The van der Waals surface area contributed by atoms with E-state index >= 15 is 0 Å². The first kappa shape index (κ1) is 25.1. The van der Waals surface area contributed by atoms with Gasteiger partial charge in [-0.1, -0.05) is 58.7 Å². The Morgan fingerprint density at radius 3 is 2.58 bits per heavy atom. The lowest BCUT2D eigenvalue weighted by Crippen LogP contribution is -2.25. The molecule has 3 aromatic rings. The van der Waals surface area contributed by atoms with Crippen LogP contribution in [0.4, 0.5) is 5.69 Å². The number of rotatable bonds is 9. The number of carbonyl (C=O) groups excluding carboxylic acids is 2. The lowest BCUT2D eigenvalue weighted by atomic mass is 10.2. The Balaban J connectivity index is 1.61. The van der Waals surface area contributed by atoms with Gasteiger partial charge in [0, 0.05) is 22.8 Å². The number of benzene rings is 2. The van der Waals surface area contributed by atoms with E-state index in [1.807, 2.05) is 13.0 Å². The van der Waals surface area contributed by atoms with Gasteiger partial charge >= 0.3 is 0 Å². The van der Waals surface area contributed by atoms with Crippen molar-refractivity contribution in [3.05, 3.63) is 81.1 Å². The average Bonchev–Trinajstić information content (AvgIpc) is 3.17. The first-order chi connectivity index (χ1) is 15.8. The van der Waals surface area contributed by atoms with Crippen LogP contribution in [-0.2, 0) is 17.9 Å². The maximum absolute atomic E-state index is 12.4. The summed E-state index contributed by atoms with van der Waals surface area (Å²) in [4.78, 5) is 24.8. The highest BCUT2D eigenvalue weighted by Crippen LogP contribution is 2.23. The van der Waals surface area contributed by atoms with Crippen molar-refractivity contribution in [1.29, 1.82) is 0 Å². The highest BCUT2D eigenvalue weighted by Gasteiger charge is 2.15. The number of aromatic nitrogens is 3. The van der Waals surface area contributed by atoms with Crippen molar-refractivity contribution in [2.45, 2.75) is 25.2 Å². The summed E-state index contributed by atoms with van der Waals surface area (Å²) in [6, 6.07) is 9.97. The first-order valence-corrected chi connectivity index (χ1v) is 11.9. The summed E-state index contributed by atoms with van der Waals surface area (Å²) in [6.07, 6.45) is 1.69. The van der Waals surface area contributed by atoms with Crippen molar-refractivity contribution < 1.29 is 9.59 Å². The van der Waals surface area contributed by atoms with E-state index in [-0.39, 0.29) is 24.1 Å². The van der Waals surface area contributed by atoms with Crippen LogP contribution >= 0.6 is 46.6 Å². The Kier molecular flexibility index (Phi) is 8.80. The Hall–Kier alpha value is -2.52. The molecule has 0 aliphatic heterocycles. The quantitative estimate of drug-likeness (QED) is 0.289. The van der Waals surface area contributed by atoms with Gasteiger partial charge in [-0.25, -0.2) is 0 Å². The van der Waals surface area contributed by atoms with Crippen molar-refractivity contribution in [1.82, 2.24) is 20.1 Å². The molecule has 0 saturated carbocycles. The number of hydrogen-bond acceptors (Lipinski definition) is 5. The Bertz CT molecular complexity index is 1200. The molecular weight excluding hydrogens is 505 g/mol. The summed E-state index contributed by atoms with van der Waals surface area (Å²) in [5.74, 6) is 0.113. The number of nitrogens with one attached hydrogen (secondary N) is 2. The number of anilines is 1. The van der Waals surface area contributed by atoms with Gasteiger partial charge in [0.05, 0.1) is 22.3 Å². The van der Waals surface area contributed by atoms with Crippen molar-refractivity contribution in [3.63, 3.8) is 0 Å². The molecule has 0 aliphatic rings. The fraction of sp³-hybridized carbons (Fsp3) is 0.182. The molecule has 2 N–H and O–H groups in total. The Morgan fingerprint density at radius 2 is 1.88 bits per heavy atom. The van der Waals surface area contributed by atoms with Gasteiger partial charge in [-0.2, -0.15) is 0 Å². The van der Waals surface area contributed by atoms with Gasteiger partial charge in [0.15, 0.2) is 11.0 Å². The third-order valence-electron chi connectivity index (χ3n) is 4.48. The Morgan fingerprint density at radius 1 is 1.09 bits per heavy atom. The van der Waals surface area contributed by atoms with Crippen molar-refractivity contribution >= 4 is 64.1 Å². The van der Waals surface area contributed by atoms with Gasteiger partial charge in [-0.05, 0) is 42.8 Å². The molecular formula is C22H20Cl3N5O2S. The zero-order chi connectivity index (χ0) is 24.0. The highest BCUT2D eigenvalue weighted by molar-refractivity contribution is 7.99. The topological polar surface area (TPSA) is 88.9 Å². The van der Waals surface area contributed by atoms with E-state index in [1.54, 1.807) is 34.9 Å². The van der Waals surface area contributed by atoms with Crippen LogP contribution in [0.1, 0.15) is 21.7 Å². The summed E-state index contributed by atoms with van der Waals surface area (Å²) in [5.41, 5.74) is 1.93. The maximum Gasteiger partial charge on any atom is 0.251 e. The van der Waals surface area contributed by atoms with E-state index in [9.17, 15) is 9.59 Å². The molecule has 0 spiro atoms. The van der Waals surface area contributed by atoms with Gasteiger partial charge in [0.1, 0.15) is 0 Å². The molecule has 1 aromatic heterocycles. The molecule has 2 aromatic carbocycles. The number of halogens is 3. The fourth-order valence-electron chi connectivity index (χ4n) is 2.77. The number of hydrogen-bond donors (Lipinski definition) is 2. The highest BCUT2D eigenvalue weighted by atomic mass is 35.5. The molecule has 0 atom stereocenters. The van der Waals surface area contributed by atoms with E-state index in [1.165, 1.54) is 17.8 Å². The molecule has 33 heavy (non-hydrogen) atoms. The maximum atomic E-state index is 12.4. The summed E-state index contributed by atoms with van der Waals surface area (Å²) in [5, 5.41) is 15.7. The number of allylic oxidation sites excluding steroid dienone is 1. The van der Waals surface area contributed by atoms with Crippen LogP contribution in [0.3, 0.4) is 0 Å². The van der Waals surface area contributed by atoms with Gasteiger partial charge in [0.25, 0.3) is 5.91 Å². The zero-order valence-corrected chi connectivity index (χ0v) is 20.7. The lowest BCUT2D eigenvalue weighted by Gasteiger charge is -2.10. The van der Waals surface area contributed by atoms with Crippen LogP contribution in [-0.4, -0.2) is 32.3 Å². The third-order valence-corrected chi connectivity index (χ3v) is 6.59. The first-order valence-electron chi connectivity index (χ1n) is 9.73. The third kappa shape index (κ3) is 6.74. The largest absolute Gasteiger partial charge is 0.345 e. The molecule has 11 heteroatoms. The van der Waals surface area contributed by atoms with Gasteiger partial charge in [-0.15, -0.1) is 16.8 Å². The van der Waals surface area contributed by atoms with E-state index in [0.717, 1.165) is 5.56 Å². The van der Waals surface area contributed by atoms with E-state index in [4.69, 9.17) is 34.8 Å². The van der Waals surface area contributed by atoms with Crippen LogP contribution in [0.2, 0.25) is 15.1 Å². The van der Waals surface area contributed by atoms with Crippen LogP contribution in [0.25, 0.3) is 0 Å². The normalized spacial score (nSPS) is 10.7. The average molecular weight is 525 g/mol. The van der Waals surface area contributed by atoms with Crippen molar-refractivity contribution in [2.24, 2.45) is 0 Å². The standard InChI is InChI=1S/C22H20Cl3N5O2S/c1-3-8-30-19(11-26-21(32)14-5-7-16(23)18(25)9-14)28-29-22(30)33-12-20(31)27-15-6-4-13(2)17(24)10-15/h3-7,9-10H,1,8,11-12H2,2H3,(H,26,32)(H,27,31). The minimum atomic E-state index is -0.327. The molecule has 0 unspecified atom stereocenters. The summed E-state index contributed by atoms with van der Waals surface area (Å²) in [6.45, 7) is 6.20. The number of aryl methyl sites for hydroxylation is 1. The van der Waals surface area contributed by atoms with Crippen LogP contribution in [0.15, 0.2) is 54.2 Å². The molecule has 172 valence electrons. The molecule has 0 aliphatic carbocycles. The summed E-state index contributed by atoms with van der Waals surface area (Å²) in [7, 11) is 0. The number of carbonyl (C=O) groups is 2. The second kappa shape index (κ2) is 11.6. The monoisotopic (exact) mass is 523 g/mol. The molecule has 7 nitrogen and oxygen atoms in total. The van der Waals surface area contributed by atoms with E-state index in [2.05, 4.69) is 27.4 Å². The minimum Gasteiger partial charge on any atom is -0.345 e. The van der Waals surface area contributed by atoms with Gasteiger partial charge < -0.3 is 15.2 Å². The minimum absolute atomic E-state index is 0.121. The number of thioether (sulfide) groups is 1. The van der Waals surface area contributed by atoms with Crippen molar-refractivity contribution in [2.75, 3.05) is 11.1 Å². The SMILES string of the molecule is C=CCn1c(CNC(=O)c2ccc(Cl)c(Cl)c2)nnc1SCC(=O)Nc1ccc(C)c(Cl)c1. The molecule has 0 radical (unpaired) electrons. The second-order valence-corrected chi connectivity index (χ2v) is 9.07. The van der Waals surface area contributed by atoms with Gasteiger partial charge in [0.2, 0.25) is 5.91 Å². The predicted octanol–water partition coefficient (Wildman–Crippen LogP) is 5.39. The smallest absolute Gasteiger partial charge is 0.251 e. The molecule has 0 bridgehead atoms. The predicted molar refractivity (Wildman–Crippen MR) is 133 cm³/mol. The Labute approximate surface area is 210 Å². The number of amides is 2. The number of nitrogens with zero attached hydrogens (tertiary/aromatic N) is 3. The second-order valence-electron chi connectivity index (χ2n) is 6.91. The zero-order valence-electron chi connectivity index (χ0n) is 17.6. The van der Waals surface area contributed by atoms with Crippen LogP contribution < -0.4 is 10.6 Å². The van der Waals surface area contributed by atoms with Crippen LogP contribution in [0.5, 0.6) is 0 Å². The summed E-state index contributed by atoms with van der Waals surface area (Å²) >= 11 is 19.2. The molecule has 0 saturated heterocycles. The molecule has 2 amide bonds. The van der Waals surface area contributed by atoms with Crippen molar-refractivity contribution in [3.8, 4) is 0 Å².